The molecule has 0 aliphatic carbocycles. The van der Waals surface area contributed by atoms with E-state index in [1.807, 2.05) is 0 Å². The smallest absolute Gasteiger partial charge is 0.00103 e. The molecule has 0 radical (unpaired) electrons. The topological polar surface area (TPSA) is 12.0 Å². The first-order valence-corrected chi connectivity index (χ1v) is 4.56. The fourth-order valence-corrected chi connectivity index (χ4v) is 0.971. The Balaban J connectivity index is 2.91. The Morgan fingerprint density at radius 3 is 2.30 bits per heavy atom. The van der Waals surface area contributed by atoms with Gasteiger partial charge in [0.1, 0.15) is 0 Å². The highest BCUT2D eigenvalue weighted by atomic mass is 32.1. The molecule has 10 heavy (non-hydrogen) atoms. The van der Waals surface area contributed by atoms with Gasteiger partial charge in [-0.1, -0.05) is 20.8 Å². The number of hydrogen-bond acceptors (Lipinski definition) is 2. The molecule has 0 aromatic carbocycles. The van der Waals surface area contributed by atoms with Gasteiger partial charge in [-0.15, -0.1) is 0 Å². The average Bonchev–Trinajstić information content (AvgIpc) is 1.79. The maximum atomic E-state index is 4.29. The standard InChI is InChI=1S/C8H19NS/c1-7(2)9-6-4-5-8(3)10/h7-10H,4-6H2,1-3H3. The van der Waals surface area contributed by atoms with E-state index in [1.165, 1.54) is 12.8 Å². The molecule has 1 atom stereocenters. The molecular weight excluding hydrogens is 142 g/mol. The molecule has 62 valence electrons. The largest absolute Gasteiger partial charge is 0.315 e. The highest BCUT2D eigenvalue weighted by Crippen LogP contribution is 2.01. The van der Waals surface area contributed by atoms with Gasteiger partial charge in [0.15, 0.2) is 0 Å². The van der Waals surface area contributed by atoms with Crippen LogP contribution in [-0.2, 0) is 0 Å². The van der Waals surface area contributed by atoms with Crippen molar-refractivity contribution in [3.63, 3.8) is 0 Å². The summed E-state index contributed by atoms with van der Waals surface area (Å²) < 4.78 is 0. The lowest BCUT2D eigenvalue weighted by atomic mass is 10.2. The van der Waals surface area contributed by atoms with E-state index in [-0.39, 0.29) is 0 Å². The number of rotatable bonds is 5. The molecule has 0 spiro atoms. The Kier molecular flexibility index (Phi) is 6.24. The zero-order valence-electron chi connectivity index (χ0n) is 7.22. The molecule has 1 N–H and O–H groups in total. The van der Waals surface area contributed by atoms with Crippen molar-refractivity contribution in [2.75, 3.05) is 6.54 Å². The van der Waals surface area contributed by atoms with E-state index < -0.39 is 0 Å². The van der Waals surface area contributed by atoms with Gasteiger partial charge in [0, 0.05) is 6.04 Å². The first-order chi connectivity index (χ1) is 4.63. The van der Waals surface area contributed by atoms with Gasteiger partial charge in [0.05, 0.1) is 0 Å². The van der Waals surface area contributed by atoms with Crippen LogP contribution in [0.15, 0.2) is 0 Å². The maximum Gasteiger partial charge on any atom is 0.00103 e. The predicted molar refractivity (Wildman–Crippen MR) is 50.8 cm³/mol. The van der Waals surface area contributed by atoms with Crippen molar-refractivity contribution in [3.8, 4) is 0 Å². The van der Waals surface area contributed by atoms with E-state index in [0.29, 0.717) is 11.3 Å². The normalized spacial score (nSPS) is 14.1. The first kappa shape index (κ1) is 10.3. The summed E-state index contributed by atoms with van der Waals surface area (Å²) in [6.07, 6.45) is 2.45. The lowest BCUT2D eigenvalue weighted by Crippen LogP contribution is -2.23. The lowest BCUT2D eigenvalue weighted by molar-refractivity contribution is 0.557. The third-order valence-corrected chi connectivity index (χ3v) is 1.61. The second kappa shape index (κ2) is 6.05. The van der Waals surface area contributed by atoms with E-state index >= 15 is 0 Å². The van der Waals surface area contributed by atoms with Crippen molar-refractivity contribution in [2.24, 2.45) is 0 Å². The van der Waals surface area contributed by atoms with Crippen LogP contribution in [-0.4, -0.2) is 17.8 Å². The minimum absolute atomic E-state index is 0.550. The summed E-state index contributed by atoms with van der Waals surface area (Å²) in [7, 11) is 0. The van der Waals surface area contributed by atoms with Crippen molar-refractivity contribution < 1.29 is 0 Å². The average molecular weight is 161 g/mol. The molecular formula is C8H19NS. The van der Waals surface area contributed by atoms with Crippen LogP contribution in [0.1, 0.15) is 33.6 Å². The van der Waals surface area contributed by atoms with Crippen LogP contribution in [0.3, 0.4) is 0 Å². The summed E-state index contributed by atoms with van der Waals surface area (Å²) in [4.78, 5) is 0. The van der Waals surface area contributed by atoms with Crippen molar-refractivity contribution in [1.82, 2.24) is 5.32 Å². The van der Waals surface area contributed by atoms with E-state index in [2.05, 4.69) is 38.7 Å². The van der Waals surface area contributed by atoms with Crippen molar-refractivity contribution in [1.29, 1.82) is 0 Å². The zero-order chi connectivity index (χ0) is 7.98. The molecule has 1 nitrogen and oxygen atoms in total. The summed E-state index contributed by atoms with van der Waals surface area (Å²) in [5.41, 5.74) is 0. The van der Waals surface area contributed by atoms with Gasteiger partial charge in [-0.3, -0.25) is 0 Å². The van der Waals surface area contributed by atoms with Gasteiger partial charge in [-0.2, -0.15) is 12.6 Å². The quantitative estimate of drug-likeness (QED) is 0.465. The highest BCUT2D eigenvalue weighted by Gasteiger charge is 1.94. The second-order valence-corrected chi connectivity index (χ2v) is 3.98. The molecule has 0 rings (SSSR count). The summed E-state index contributed by atoms with van der Waals surface area (Å²) in [6.45, 7) is 7.61. The van der Waals surface area contributed by atoms with Gasteiger partial charge < -0.3 is 5.32 Å². The molecule has 0 amide bonds. The van der Waals surface area contributed by atoms with E-state index in [4.69, 9.17) is 0 Å². The predicted octanol–water partition coefficient (Wildman–Crippen LogP) is 2.08. The zero-order valence-corrected chi connectivity index (χ0v) is 8.12. The highest BCUT2D eigenvalue weighted by molar-refractivity contribution is 7.80. The van der Waals surface area contributed by atoms with E-state index in [9.17, 15) is 0 Å². The Morgan fingerprint density at radius 1 is 1.30 bits per heavy atom. The summed E-state index contributed by atoms with van der Waals surface area (Å²) in [6, 6.07) is 0.621. The van der Waals surface area contributed by atoms with Crippen molar-refractivity contribution in [3.05, 3.63) is 0 Å². The minimum Gasteiger partial charge on any atom is -0.315 e. The summed E-state index contributed by atoms with van der Waals surface area (Å²) in [5.74, 6) is 0. The molecule has 0 aromatic heterocycles. The third-order valence-electron chi connectivity index (χ3n) is 1.35. The van der Waals surface area contributed by atoms with Gasteiger partial charge in [0.2, 0.25) is 0 Å². The SMILES string of the molecule is CC(S)CCCNC(C)C. The molecule has 0 aromatic rings. The molecule has 0 fully saturated rings. The molecule has 2 heteroatoms. The molecule has 0 aliphatic heterocycles. The van der Waals surface area contributed by atoms with E-state index in [0.717, 1.165) is 6.54 Å². The Hall–Kier alpha value is 0.310. The minimum atomic E-state index is 0.550. The third kappa shape index (κ3) is 8.31. The Bertz CT molecular complexity index is 61.7. The van der Waals surface area contributed by atoms with Gasteiger partial charge in [-0.05, 0) is 24.6 Å². The lowest BCUT2D eigenvalue weighted by Gasteiger charge is -2.08. The van der Waals surface area contributed by atoms with Crippen LogP contribution in [0.5, 0.6) is 0 Å². The summed E-state index contributed by atoms with van der Waals surface area (Å²) in [5, 5.41) is 3.92. The van der Waals surface area contributed by atoms with Gasteiger partial charge in [0.25, 0.3) is 0 Å². The van der Waals surface area contributed by atoms with Crippen LogP contribution in [0.25, 0.3) is 0 Å². The Morgan fingerprint density at radius 2 is 1.90 bits per heavy atom. The maximum absolute atomic E-state index is 4.29. The fraction of sp³-hybridized carbons (Fsp3) is 1.00. The van der Waals surface area contributed by atoms with Crippen molar-refractivity contribution >= 4 is 12.6 Å². The van der Waals surface area contributed by atoms with Crippen LogP contribution in [0.2, 0.25) is 0 Å². The van der Waals surface area contributed by atoms with Crippen LogP contribution >= 0.6 is 12.6 Å². The van der Waals surface area contributed by atoms with Gasteiger partial charge >= 0.3 is 0 Å². The molecule has 0 bridgehead atoms. The van der Waals surface area contributed by atoms with Gasteiger partial charge in [-0.25, -0.2) is 0 Å². The first-order valence-electron chi connectivity index (χ1n) is 4.04. The molecule has 0 saturated heterocycles. The molecule has 1 unspecified atom stereocenters. The molecule has 0 saturated carbocycles. The second-order valence-electron chi connectivity index (χ2n) is 3.10. The number of thiol groups is 1. The molecule has 0 heterocycles. The van der Waals surface area contributed by atoms with Crippen LogP contribution < -0.4 is 5.32 Å². The fourth-order valence-electron chi connectivity index (χ4n) is 0.788. The summed E-state index contributed by atoms with van der Waals surface area (Å²) >= 11 is 4.29. The Labute approximate surface area is 70.0 Å². The molecule has 0 aliphatic rings. The number of nitrogens with one attached hydrogen (secondary N) is 1. The number of hydrogen-bond donors (Lipinski definition) is 2. The van der Waals surface area contributed by atoms with E-state index in [1.54, 1.807) is 0 Å². The van der Waals surface area contributed by atoms with Crippen LogP contribution in [0, 0.1) is 0 Å². The van der Waals surface area contributed by atoms with Crippen molar-refractivity contribution in [2.45, 2.75) is 44.9 Å². The van der Waals surface area contributed by atoms with Crippen LogP contribution in [0.4, 0.5) is 0 Å². The monoisotopic (exact) mass is 161 g/mol.